The van der Waals surface area contributed by atoms with Gasteiger partial charge in [0.25, 0.3) is 0 Å². The lowest BCUT2D eigenvalue weighted by Crippen LogP contribution is -2.41. The van der Waals surface area contributed by atoms with Crippen LogP contribution in [0, 0.1) is 12.3 Å². The first-order valence-electron chi connectivity index (χ1n) is 6.63. The number of terminal acetylenes is 1. The van der Waals surface area contributed by atoms with E-state index in [0.717, 1.165) is 25.7 Å². The van der Waals surface area contributed by atoms with E-state index in [4.69, 9.17) is 6.42 Å². The maximum atomic E-state index is 11.8. The van der Waals surface area contributed by atoms with E-state index < -0.39 is 0 Å². The zero-order valence-electron chi connectivity index (χ0n) is 11.5. The normalized spacial score (nSPS) is 9.61. The summed E-state index contributed by atoms with van der Waals surface area (Å²) in [6, 6.07) is 0. The summed E-state index contributed by atoms with van der Waals surface area (Å²) >= 11 is 0. The van der Waals surface area contributed by atoms with Crippen LogP contribution in [0.1, 0.15) is 46.0 Å². The topological polar surface area (TPSA) is 49.4 Å². The average molecular weight is 252 g/mol. The molecule has 4 heteroatoms. The van der Waals surface area contributed by atoms with Gasteiger partial charge in [-0.25, -0.2) is 0 Å². The second-order valence-corrected chi connectivity index (χ2v) is 4.26. The standard InChI is InChI=1S/C14H24N2O2/c1-4-7-9-14(18)16(11-6-3)12-13(17)15-10-8-5-2/h3H,4-5,7-12H2,1-2H3,(H,15,17). The van der Waals surface area contributed by atoms with Crippen molar-refractivity contribution < 1.29 is 9.59 Å². The van der Waals surface area contributed by atoms with Gasteiger partial charge in [0.05, 0.1) is 6.54 Å². The van der Waals surface area contributed by atoms with Gasteiger partial charge < -0.3 is 10.2 Å². The van der Waals surface area contributed by atoms with Crippen molar-refractivity contribution in [1.82, 2.24) is 10.2 Å². The molecule has 4 nitrogen and oxygen atoms in total. The summed E-state index contributed by atoms with van der Waals surface area (Å²) < 4.78 is 0. The first-order valence-corrected chi connectivity index (χ1v) is 6.63. The first-order chi connectivity index (χ1) is 8.65. The van der Waals surface area contributed by atoms with Crippen molar-refractivity contribution in [3.63, 3.8) is 0 Å². The van der Waals surface area contributed by atoms with Crippen LogP contribution in [-0.2, 0) is 9.59 Å². The fraction of sp³-hybridized carbons (Fsp3) is 0.714. The molecule has 0 aromatic heterocycles. The summed E-state index contributed by atoms with van der Waals surface area (Å²) in [6.45, 7) is 5.00. The molecule has 0 saturated carbocycles. The molecule has 0 atom stereocenters. The van der Waals surface area contributed by atoms with Gasteiger partial charge in [-0.15, -0.1) is 6.42 Å². The van der Waals surface area contributed by atoms with Gasteiger partial charge in [0.1, 0.15) is 6.54 Å². The highest BCUT2D eigenvalue weighted by Gasteiger charge is 2.15. The van der Waals surface area contributed by atoms with Gasteiger partial charge in [-0.3, -0.25) is 9.59 Å². The van der Waals surface area contributed by atoms with Gasteiger partial charge >= 0.3 is 0 Å². The quantitative estimate of drug-likeness (QED) is 0.500. The highest BCUT2D eigenvalue weighted by atomic mass is 16.2. The molecule has 1 N–H and O–H groups in total. The summed E-state index contributed by atoms with van der Waals surface area (Å²) in [5, 5.41) is 2.78. The Morgan fingerprint density at radius 1 is 1.22 bits per heavy atom. The molecule has 0 aliphatic carbocycles. The Balaban J connectivity index is 4.13. The third kappa shape index (κ3) is 7.72. The van der Waals surface area contributed by atoms with Crippen LogP contribution in [-0.4, -0.2) is 36.3 Å². The minimum Gasteiger partial charge on any atom is -0.355 e. The van der Waals surface area contributed by atoms with E-state index in [1.807, 2.05) is 6.92 Å². The maximum Gasteiger partial charge on any atom is 0.239 e. The Labute approximate surface area is 110 Å². The lowest BCUT2D eigenvalue weighted by molar-refractivity contribution is -0.135. The van der Waals surface area contributed by atoms with Crippen molar-refractivity contribution in [2.45, 2.75) is 46.0 Å². The number of hydrogen-bond donors (Lipinski definition) is 1. The molecular weight excluding hydrogens is 228 g/mol. The SMILES string of the molecule is C#CCN(CC(=O)NCCCC)C(=O)CCCC. The second-order valence-electron chi connectivity index (χ2n) is 4.26. The van der Waals surface area contributed by atoms with Crippen LogP contribution in [0.2, 0.25) is 0 Å². The molecule has 0 rings (SSSR count). The summed E-state index contributed by atoms with van der Waals surface area (Å²) in [5.74, 6) is 2.25. The smallest absolute Gasteiger partial charge is 0.239 e. The predicted octanol–water partition coefficient (Wildman–Crippen LogP) is 1.55. The lowest BCUT2D eigenvalue weighted by atomic mass is 10.2. The summed E-state index contributed by atoms with van der Waals surface area (Å²) in [5.41, 5.74) is 0. The monoisotopic (exact) mass is 252 g/mol. The number of unbranched alkanes of at least 4 members (excludes halogenated alkanes) is 2. The molecule has 0 heterocycles. The Morgan fingerprint density at radius 2 is 1.89 bits per heavy atom. The minimum absolute atomic E-state index is 0.0413. The zero-order chi connectivity index (χ0) is 13.8. The second kappa shape index (κ2) is 10.6. The van der Waals surface area contributed by atoms with Gasteiger partial charge in [0.2, 0.25) is 11.8 Å². The highest BCUT2D eigenvalue weighted by molar-refractivity contribution is 5.84. The van der Waals surface area contributed by atoms with Crippen LogP contribution in [0.3, 0.4) is 0 Å². The van der Waals surface area contributed by atoms with Crippen molar-refractivity contribution in [1.29, 1.82) is 0 Å². The van der Waals surface area contributed by atoms with Crippen molar-refractivity contribution in [3.05, 3.63) is 0 Å². The van der Waals surface area contributed by atoms with Gasteiger partial charge in [-0.2, -0.15) is 0 Å². The molecule has 0 radical (unpaired) electrons. The Morgan fingerprint density at radius 3 is 2.44 bits per heavy atom. The molecular formula is C14H24N2O2. The summed E-state index contributed by atoms with van der Waals surface area (Å²) in [4.78, 5) is 24.9. The Kier molecular flexibility index (Phi) is 9.75. The van der Waals surface area contributed by atoms with Crippen molar-refractivity contribution in [2.24, 2.45) is 0 Å². The molecule has 0 unspecified atom stereocenters. The third-order valence-corrected chi connectivity index (χ3v) is 2.57. The van der Waals surface area contributed by atoms with Crippen molar-refractivity contribution in [2.75, 3.05) is 19.6 Å². The minimum atomic E-state index is -0.136. The Hall–Kier alpha value is -1.50. The van der Waals surface area contributed by atoms with Crippen molar-refractivity contribution >= 4 is 11.8 Å². The third-order valence-electron chi connectivity index (χ3n) is 2.57. The molecule has 18 heavy (non-hydrogen) atoms. The molecule has 0 aliphatic heterocycles. The number of carbonyl (C=O) groups excluding carboxylic acids is 2. The maximum absolute atomic E-state index is 11.8. The lowest BCUT2D eigenvalue weighted by Gasteiger charge is -2.19. The highest BCUT2D eigenvalue weighted by Crippen LogP contribution is 2.00. The summed E-state index contributed by atoms with van der Waals surface area (Å²) in [6.07, 6.45) is 9.44. The fourth-order valence-electron chi connectivity index (χ4n) is 1.46. The number of amides is 2. The first kappa shape index (κ1) is 16.5. The molecule has 0 fully saturated rings. The molecule has 0 aromatic rings. The number of hydrogen-bond acceptors (Lipinski definition) is 2. The van der Waals surface area contributed by atoms with Crippen LogP contribution >= 0.6 is 0 Å². The van der Waals surface area contributed by atoms with Crippen molar-refractivity contribution in [3.8, 4) is 12.3 Å². The van der Waals surface area contributed by atoms with Gasteiger partial charge in [-0.1, -0.05) is 32.6 Å². The summed E-state index contributed by atoms with van der Waals surface area (Å²) in [7, 11) is 0. The number of rotatable bonds is 9. The zero-order valence-corrected chi connectivity index (χ0v) is 11.5. The average Bonchev–Trinajstić information content (AvgIpc) is 2.35. The fourth-order valence-corrected chi connectivity index (χ4v) is 1.46. The molecule has 0 bridgehead atoms. The molecule has 0 saturated heterocycles. The van der Waals surface area contributed by atoms with Crippen LogP contribution in [0.4, 0.5) is 0 Å². The molecule has 0 spiro atoms. The van der Waals surface area contributed by atoms with Gasteiger partial charge in [-0.05, 0) is 12.8 Å². The van der Waals surface area contributed by atoms with E-state index in [0.29, 0.717) is 13.0 Å². The number of nitrogens with zero attached hydrogens (tertiary/aromatic N) is 1. The van der Waals surface area contributed by atoms with Crippen LogP contribution in [0.5, 0.6) is 0 Å². The molecule has 2 amide bonds. The number of carbonyl (C=O) groups is 2. The molecule has 102 valence electrons. The Bertz CT molecular complexity index is 295. The van der Waals surface area contributed by atoms with E-state index in [1.54, 1.807) is 0 Å². The van der Waals surface area contributed by atoms with Crippen LogP contribution in [0.25, 0.3) is 0 Å². The largest absolute Gasteiger partial charge is 0.355 e. The molecule has 0 aliphatic rings. The van der Waals surface area contributed by atoms with Crippen LogP contribution in [0.15, 0.2) is 0 Å². The van der Waals surface area contributed by atoms with E-state index in [1.165, 1.54) is 4.90 Å². The van der Waals surface area contributed by atoms with E-state index >= 15 is 0 Å². The van der Waals surface area contributed by atoms with E-state index in [9.17, 15) is 9.59 Å². The molecule has 0 aromatic carbocycles. The van der Waals surface area contributed by atoms with Gasteiger partial charge in [0, 0.05) is 13.0 Å². The van der Waals surface area contributed by atoms with Crippen LogP contribution < -0.4 is 5.32 Å². The van der Waals surface area contributed by atoms with E-state index in [2.05, 4.69) is 18.2 Å². The van der Waals surface area contributed by atoms with Gasteiger partial charge in [0.15, 0.2) is 0 Å². The number of nitrogens with one attached hydrogen (secondary N) is 1. The van der Waals surface area contributed by atoms with E-state index in [-0.39, 0.29) is 24.9 Å². The predicted molar refractivity (Wildman–Crippen MR) is 72.9 cm³/mol.